The Morgan fingerprint density at radius 3 is 2.79 bits per heavy atom. The lowest BCUT2D eigenvalue weighted by Crippen LogP contribution is -2.29. The Morgan fingerprint density at radius 1 is 1.32 bits per heavy atom. The first kappa shape index (κ1) is 14.1. The van der Waals surface area contributed by atoms with Crippen molar-refractivity contribution < 1.29 is 0 Å². The standard InChI is InChI=1S/C15H26N4/c1-4-7-13-14(16-9-5-2)17-11-18-15(13)19-10-6-8-12(19)3/h11-12H,4-10H2,1-3H3,(H,16,17,18). The highest BCUT2D eigenvalue weighted by molar-refractivity contribution is 5.59. The van der Waals surface area contributed by atoms with E-state index in [0.717, 1.165) is 44.0 Å². The molecule has 0 aromatic carbocycles. The van der Waals surface area contributed by atoms with Crippen molar-refractivity contribution in [2.24, 2.45) is 0 Å². The van der Waals surface area contributed by atoms with Crippen LogP contribution in [-0.2, 0) is 6.42 Å². The van der Waals surface area contributed by atoms with E-state index in [2.05, 4.69) is 41.0 Å². The van der Waals surface area contributed by atoms with Gasteiger partial charge in [-0.2, -0.15) is 0 Å². The van der Waals surface area contributed by atoms with Crippen LogP contribution in [0, 0.1) is 0 Å². The zero-order valence-corrected chi connectivity index (χ0v) is 12.4. The van der Waals surface area contributed by atoms with E-state index in [0.29, 0.717) is 6.04 Å². The number of nitrogens with one attached hydrogen (secondary N) is 1. The molecule has 4 heteroatoms. The molecule has 1 N–H and O–H groups in total. The van der Waals surface area contributed by atoms with Crippen molar-refractivity contribution >= 4 is 11.6 Å². The van der Waals surface area contributed by atoms with E-state index < -0.39 is 0 Å². The number of aromatic nitrogens is 2. The van der Waals surface area contributed by atoms with Crippen molar-refractivity contribution in [3.8, 4) is 0 Å². The molecule has 2 rings (SSSR count). The summed E-state index contributed by atoms with van der Waals surface area (Å²) in [5, 5.41) is 3.45. The molecule has 106 valence electrons. The van der Waals surface area contributed by atoms with Gasteiger partial charge in [0.2, 0.25) is 0 Å². The van der Waals surface area contributed by atoms with Crippen LogP contribution in [0.2, 0.25) is 0 Å². The fourth-order valence-corrected chi connectivity index (χ4v) is 2.77. The second kappa shape index (κ2) is 6.73. The van der Waals surface area contributed by atoms with Gasteiger partial charge in [-0.25, -0.2) is 9.97 Å². The summed E-state index contributed by atoms with van der Waals surface area (Å²) in [4.78, 5) is 11.5. The lowest BCUT2D eigenvalue weighted by atomic mass is 10.1. The van der Waals surface area contributed by atoms with Gasteiger partial charge in [0.25, 0.3) is 0 Å². The van der Waals surface area contributed by atoms with Crippen molar-refractivity contribution in [2.45, 2.75) is 58.9 Å². The Kier molecular flexibility index (Phi) is 5.00. The Balaban J connectivity index is 2.30. The predicted octanol–water partition coefficient (Wildman–Crippen LogP) is 3.24. The molecule has 1 aromatic heterocycles. The molecule has 2 heterocycles. The van der Waals surface area contributed by atoms with Crippen LogP contribution >= 0.6 is 0 Å². The highest BCUT2D eigenvalue weighted by atomic mass is 15.2. The van der Waals surface area contributed by atoms with Crippen molar-refractivity contribution in [3.05, 3.63) is 11.9 Å². The van der Waals surface area contributed by atoms with Crippen LogP contribution in [0.15, 0.2) is 6.33 Å². The van der Waals surface area contributed by atoms with Crippen LogP contribution in [0.5, 0.6) is 0 Å². The van der Waals surface area contributed by atoms with Crippen molar-refractivity contribution in [2.75, 3.05) is 23.3 Å². The summed E-state index contributed by atoms with van der Waals surface area (Å²) < 4.78 is 0. The molecule has 1 aromatic rings. The summed E-state index contributed by atoms with van der Waals surface area (Å²) >= 11 is 0. The molecule has 4 nitrogen and oxygen atoms in total. The van der Waals surface area contributed by atoms with Gasteiger partial charge in [-0.3, -0.25) is 0 Å². The minimum absolute atomic E-state index is 0.601. The smallest absolute Gasteiger partial charge is 0.137 e. The minimum Gasteiger partial charge on any atom is -0.370 e. The largest absolute Gasteiger partial charge is 0.370 e. The molecule has 1 saturated heterocycles. The van der Waals surface area contributed by atoms with E-state index in [1.54, 1.807) is 6.33 Å². The van der Waals surface area contributed by atoms with Crippen LogP contribution in [0.4, 0.5) is 11.6 Å². The molecule has 0 bridgehead atoms. The Bertz CT molecular complexity index is 405. The van der Waals surface area contributed by atoms with E-state index in [4.69, 9.17) is 0 Å². The van der Waals surface area contributed by atoms with Gasteiger partial charge < -0.3 is 10.2 Å². The molecule has 0 amide bonds. The summed E-state index contributed by atoms with van der Waals surface area (Å²) in [7, 11) is 0. The Morgan fingerprint density at radius 2 is 2.16 bits per heavy atom. The SMILES string of the molecule is CCCNc1ncnc(N2CCCC2C)c1CCC. The van der Waals surface area contributed by atoms with Gasteiger partial charge in [0.05, 0.1) is 0 Å². The second-order valence-electron chi connectivity index (χ2n) is 5.39. The summed E-state index contributed by atoms with van der Waals surface area (Å²) in [6.45, 7) is 8.79. The Hall–Kier alpha value is -1.32. The number of hydrogen-bond acceptors (Lipinski definition) is 4. The van der Waals surface area contributed by atoms with Gasteiger partial charge in [0, 0.05) is 24.7 Å². The lowest BCUT2D eigenvalue weighted by molar-refractivity contribution is 0.719. The molecule has 1 atom stereocenters. The average molecular weight is 262 g/mol. The van der Waals surface area contributed by atoms with Gasteiger partial charge in [0.15, 0.2) is 0 Å². The molecule has 0 spiro atoms. The van der Waals surface area contributed by atoms with Crippen molar-refractivity contribution in [3.63, 3.8) is 0 Å². The quantitative estimate of drug-likeness (QED) is 0.854. The number of nitrogens with zero attached hydrogens (tertiary/aromatic N) is 3. The van der Waals surface area contributed by atoms with Crippen LogP contribution in [0.1, 0.15) is 52.0 Å². The number of hydrogen-bond donors (Lipinski definition) is 1. The highest BCUT2D eigenvalue weighted by Gasteiger charge is 2.25. The molecular weight excluding hydrogens is 236 g/mol. The maximum Gasteiger partial charge on any atom is 0.137 e. The Labute approximate surface area is 116 Å². The maximum atomic E-state index is 4.57. The minimum atomic E-state index is 0.601. The van der Waals surface area contributed by atoms with Crippen molar-refractivity contribution in [1.29, 1.82) is 0 Å². The van der Waals surface area contributed by atoms with Gasteiger partial charge in [-0.15, -0.1) is 0 Å². The fourth-order valence-electron chi connectivity index (χ4n) is 2.77. The highest BCUT2D eigenvalue weighted by Crippen LogP contribution is 2.30. The van der Waals surface area contributed by atoms with E-state index >= 15 is 0 Å². The molecule has 1 unspecified atom stereocenters. The molecule has 1 aliphatic heterocycles. The van der Waals surface area contributed by atoms with E-state index in [1.165, 1.54) is 18.4 Å². The number of anilines is 2. The van der Waals surface area contributed by atoms with Gasteiger partial charge >= 0.3 is 0 Å². The monoisotopic (exact) mass is 262 g/mol. The third-order valence-corrected chi connectivity index (χ3v) is 3.79. The zero-order chi connectivity index (χ0) is 13.7. The fraction of sp³-hybridized carbons (Fsp3) is 0.733. The first-order valence-corrected chi connectivity index (χ1v) is 7.62. The molecule has 1 fully saturated rings. The van der Waals surface area contributed by atoms with Gasteiger partial charge in [-0.1, -0.05) is 20.3 Å². The summed E-state index contributed by atoms with van der Waals surface area (Å²) in [5.74, 6) is 2.19. The molecule has 0 saturated carbocycles. The van der Waals surface area contributed by atoms with E-state index in [9.17, 15) is 0 Å². The molecule has 0 radical (unpaired) electrons. The first-order valence-electron chi connectivity index (χ1n) is 7.62. The summed E-state index contributed by atoms with van der Waals surface area (Å²) in [6, 6.07) is 0.601. The second-order valence-corrected chi connectivity index (χ2v) is 5.39. The van der Waals surface area contributed by atoms with Crippen LogP contribution in [0.25, 0.3) is 0 Å². The predicted molar refractivity (Wildman–Crippen MR) is 80.8 cm³/mol. The molecule has 1 aliphatic rings. The number of rotatable bonds is 6. The topological polar surface area (TPSA) is 41.1 Å². The van der Waals surface area contributed by atoms with Crippen molar-refractivity contribution in [1.82, 2.24) is 9.97 Å². The zero-order valence-electron chi connectivity index (χ0n) is 12.4. The van der Waals surface area contributed by atoms with Crippen LogP contribution in [-0.4, -0.2) is 29.1 Å². The molecule has 0 aliphatic carbocycles. The third-order valence-electron chi connectivity index (χ3n) is 3.79. The van der Waals surface area contributed by atoms with Crippen LogP contribution < -0.4 is 10.2 Å². The maximum absolute atomic E-state index is 4.57. The van der Waals surface area contributed by atoms with E-state index in [-0.39, 0.29) is 0 Å². The summed E-state index contributed by atoms with van der Waals surface area (Å²) in [5.41, 5.74) is 1.30. The van der Waals surface area contributed by atoms with Gasteiger partial charge in [-0.05, 0) is 32.6 Å². The van der Waals surface area contributed by atoms with Crippen LogP contribution in [0.3, 0.4) is 0 Å². The molecule has 19 heavy (non-hydrogen) atoms. The third kappa shape index (κ3) is 3.17. The average Bonchev–Trinajstić information content (AvgIpc) is 2.84. The summed E-state index contributed by atoms with van der Waals surface area (Å²) in [6.07, 6.45) is 7.54. The van der Waals surface area contributed by atoms with Gasteiger partial charge in [0.1, 0.15) is 18.0 Å². The molecular formula is C15H26N4. The lowest BCUT2D eigenvalue weighted by Gasteiger charge is -2.26. The normalized spacial score (nSPS) is 18.9. The van der Waals surface area contributed by atoms with E-state index in [1.807, 2.05) is 0 Å². The first-order chi connectivity index (χ1) is 9.27.